The molecule has 0 radical (unpaired) electrons. The highest BCUT2D eigenvalue weighted by Gasteiger charge is 2.10. The van der Waals surface area contributed by atoms with Gasteiger partial charge in [-0.1, -0.05) is 22.0 Å². The third-order valence-corrected chi connectivity index (χ3v) is 3.05. The first-order chi connectivity index (χ1) is 9.95. The molecular formula is C14H10BrF3N2O. The fourth-order valence-corrected chi connectivity index (χ4v) is 2.00. The molecule has 0 aliphatic rings. The lowest BCUT2D eigenvalue weighted by molar-refractivity contribution is -0.114. The van der Waals surface area contributed by atoms with Gasteiger partial charge in [0.15, 0.2) is 11.6 Å². The number of anilines is 2. The maximum atomic E-state index is 13.4. The average Bonchev–Trinajstić information content (AvgIpc) is 2.41. The Kier molecular flexibility index (Phi) is 4.85. The van der Waals surface area contributed by atoms with Gasteiger partial charge in [0.05, 0.1) is 12.2 Å². The first-order valence-corrected chi connectivity index (χ1v) is 6.69. The fourth-order valence-electron chi connectivity index (χ4n) is 1.60. The maximum Gasteiger partial charge on any atom is 0.243 e. The van der Waals surface area contributed by atoms with E-state index in [1.165, 1.54) is 0 Å². The Balaban J connectivity index is 1.97. The number of benzene rings is 2. The molecule has 0 fully saturated rings. The zero-order valence-electron chi connectivity index (χ0n) is 10.6. The van der Waals surface area contributed by atoms with Crippen molar-refractivity contribution in [3.05, 3.63) is 58.3 Å². The average molecular weight is 359 g/mol. The lowest BCUT2D eigenvalue weighted by atomic mass is 10.2. The van der Waals surface area contributed by atoms with Gasteiger partial charge in [0.2, 0.25) is 5.91 Å². The highest BCUT2D eigenvalue weighted by molar-refractivity contribution is 9.10. The number of amides is 1. The minimum atomic E-state index is -1.28. The van der Waals surface area contributed by atoms with Crippen molar-refractivity contribution < 1.29 is 18.0 Å². The molecule has 2 aromatic rings. The first kappa shape index (κ1) is 15.4. The number of halogens is 4. The number of carbonyl (C=O) groups excluding carboxylic acids is 1. The summed E-state index contributed by atoms with van der Waals surface area (Å²) in [7, 11) is 0. The van der Waals surface area contributed by atoms with Crippen LogP contribution in [0.25, 0.3) is 0 Å². The fraction of sp³-hybridized carbons (Fsp3) is 0.0714. The lowest BCUT2D eigenvalue weighted by Gasteiger charge is -2.09. The molecule has 0 aromatic heterocycles. The van der Waals surface area contributed by atoms with E-state index in [2.05, 4.69) is 26.6 Å². The Morgan fingerprint density at radius 3 is 2.48 bits per heavy atom. The summed E-state index contributed by atoms with van der Waals surface area (Å²) in [5.41, 5.74) is 0.278. The Morgan fingerprint density at radius 2 is 1.76 bits per heavy atom. The summed E-state index contributed by atoms with van der Waals surface area (Å²) in [4.78, 5) is 11.7. The molecule has 0 unspecified atom stereocenters. The Morgan fingerprint density at radius 1 is 1.05 bits per heavy atom. The topological polar surface area (TPSA) is 41.1 Å². The van der Waals surface area contributed by atoms with Gasteiger partial charge in [-0.2, -0.15) is 0 Å². The minimum absolute atomic E-state index is 0.279. The van der Waals surface area contributed by atoms with Crippen LogP contribution in [0, 0.1) is 17.5 Å². The molecule has 0 saturated heterocycles. The lowest BCUT2D eigenvalue weighted by Crippen LogP contribution is -2.22. The van der Waals surface area contributed by atoms with E-state index in [-0.39, 0.29) is 12.2 Å². The van der Waals surface area contributed by atoms with Gasteiger partial charge in [-0.05, 0) is 18.2 Å². The van der Waals surface area contributed by atoms with Gasteiger partial charge in [-0.3, -0.25) is 4.79 Å². The van der Waals surface area contributed by atoms with Crippen molar-refractivity contribution >= 4 is 33.2 Å². The van der Waals surface area contributed by atoms with Crippen LogP contribution in [-0.4, -0.2) is 12.5 Å². The maximum absolute atomic E-state index is 13.4. The number of rotatable bonds is 4. The summed E-state index contributed by atoms with van der Waals surface area (Å²) < 4.78 is 39.9. The molecule has 0 bridgehead atoms. The molecule has 3 nitrogen and oxygen atoms in total. The molecule has 1 amide bonds. The number of hydrogen-bond acceptors (Lipinski definition) is 2. The third kappa shape index (κ3) is 4.22. The first-order valence-electron chi connectivity index (χ1n) is 5.89. The van der Waals surface area contributed by atoms with Crippen LogP contribution in [0.3, 0.4) is 0 Å². The highest BCUT2D eigenvalue weighted by atomic mass is 79.9. The van der Waals surface area contributed by atoms with E-state index in [0.717, 1.165) is 4.47 Å². The smallest absolute Gasteiger partial charge is 0.243 e. The van der Waals surface area contributed by atoms with Crippen LogP contribution in [0.5, 0.6) is 0 Å². The van der Waals surface area contributed by atoms with Gasteiger partial charge in [-0.25, -0.2) is 13.2 Å². The normalized spacial score (nSPS) is 10.3. The zero-order chi connectivity index (χ0) is 15.4. The van der Waals surface area contributed by atoms with Crippen molar-refractivity contribution in [2.24, 2.45) is 0 Å². The van der Waals surface area contributed by atoms with E-state index in [1.54, 1.807) is 24.3 Å². The standard InChI is InChI=1S/C14H10BrF3N2O/c15-8-2-1-3-9(4-8)20-14(21)7-19-13-6-11(17)10(16)5-12(13)18/h1-6,19H,7H2,(H,20,21). The van der Waals surface area contributed by atoms with Crippen molar-refractivity contribution in [2.75, 3.05) is 17.2 Å². The van der Waals surface area contributed by atoms with E-state index >= 15 is 0 Å². The van der Waals surface area contributed by atoms with Gasteiger partial charge in [0.25, 0.3) is 0 Å². The molecule has 2 rings (SSSR count). The molecule has 2 aromatic carbocycles. The van der Waals surface area contributed by atoms with Crippen molar-refractivity contribution in [3.63, 3.8) is 0 Å². The molecule has 0 saturated carbocycles. The van der Waals surface area contributed by atoms with Crippen LogP contribution in [0.15, 0.2) is 40.9 Å². The predicted octanol–water partition coefficient (Wildman–Crippen LogP) is 3.92. The largest absolute Gasteiger partial charge is 0.374 e. The van der Waals surface area contributed by atoms with E-state index in [4.69, 9.17) is 0 Å². The van der Waals surface area contributed by atoms with Crippen LogP contribution >= 0.6 is 15.9 Å². The molecule has 21 heavy (non-hydrogen) atoms. The van der Waals surface area contributed by atoms with Crippen LogP contribution in [0.2, 0.25) is 0 Å². The number of nitrogens with one attached hydrogen (secondary N) is 2. The van der Waals surface area contributed by atoms with Crippen LogP contribution in [0.1, 0.15) is 0 Å². The predicted molar refractivity (Wildman–Crippen MR) is 77.6 cm³/mol. The van der Waals surface area contributed by atoms with Crippen LogP contribution in [0.4, 0.5) is 24.5 Å². The van der Waals surface area contributed by atoms with Gasteiger partial charge in [-0.15, -0.1) is 0 Å². The van der Waals surface area contributed by atoms with E-state index in [1.807, 2.05) is 0 Å². The summed E-state index contributed by atoms with van der Waals surface area (Å²) >= 11 is 3.26. The minimum Gasteiger partial charge on any atom is -0.374 e. The zero-order valence-corrected chi connectivity index (χ0v) is 12.2. The Bertz CT molecular complexity index is 679. The van der Waals surface area contributed by atoms with E-state index in [9.17, 15) is 18.0 Å². The second-order valence-corrected chi connectivity index (χ2v) is 5.07. The summed E-state index contributed by atoms with van der Waals surface area (Å²) in [6.07, 6.45) is 0. The van der Waals surface area contributed by atoms with Crippen molar-refractivity contribution in [1.82, 2.24) is 0 Å². The molecule has 0 spiro atoms. The Labute approximate surface area is 127 Å². The number of carbonyl (C=O) groups is 1. The summed E-state index contributed by atoms with van der Waals surface area (Å²) in [6, 6.07) is 7.99. The van der Waals surface area contributed by atoms with Crippen molar-refractivity contribution in [3.8, 4) is 0 Å². The number of hydrogen-bond donors (Lipinski definition) is 2. The molecule has 0 aliphatic heterocycles. The van der Waals surface area contributed by atoms with Gasteiger partial charge in [0.1, 0.15) is 5.82 Å². The summed E-state index contributed by atoms with van der Waals surface area (Å²) in [6.45, 7) is -0.283. The van der Waals surface area contributed by atoms with Crippen molar-refractivity contribution in [2.45, 2.75) is 0 Å². The molecule has 0 heterocycles. The summed E-state index contributed by atoms with van der Waals surface area (Å²) in [5.74, 6) is -3.88. The molecule has 2 N–H and O–H groups in total. The summed E-state index contributed by atoms with van der Waals surface area (Å²) in [5, 5.41) is 4.99. The van der Waals surface area contributed by atoms with E-state index in [0.29, 0.717) is 17.8 Å². The second kappa shape index (κ2) is 6.62. The second-order valence-electron chi connectivity index (χ2n) is 4.16. The molecule has 0 atom stereocenters. The molecule has 0 aliphatic carbocycles. The highest BCUT2D eigenvalue weighted by Crippen LogP contribution is 2.18. The Hall–Kier alpha value is -2.02. The molecule has 7 heteroatoms. The van der Waals surface area contributed by atoms with Crippen LogP contribution < -0.4 is 10.6 Å². The third-order valence-electron chi connectivity index (χ3n) is 2.56. The quantitative estimate of drug-likeness (QED) is 0.813. The monoisotopic (exact) mass is 358 g/mol. The van der Waals surface area contributed by atoms with Gasteiger partial charge in [0, 0.05) is 22.3 Å². The molecule has 110 valence electrons. The van der Waals surface area contributed by atoms with E-state index < -0.39 is 23.4 Å². The SMILES string of the molecule is O=C(CNc1cc(F)c(F)cc1F)Nc1cccc(Br)c1. The molecular weight excluding hydrogens is 349 g/mol. The van der Waals surface area contributed by atoms with Gasteiger partial charge < -0.3 is 10.6 Å². The van der Waals surface area contributed by atoms with Crippen LogP contribution in [-0.2, 0) is 4.79 Å². The van der Waals surface area contributed by atoms with Crippen molar-refractivity contribution in [1.29, 1.82) is 0 Å². The van der Waals surface area contributed by atoms with Gasteiger partial charge >= 0.3 is 0 Å².